The van der Waals surface area contributed by atoms with Gasteiger partial charge in [-0.25, -0.2) is 0 Å². The first-order valence-electron chi connectivity index (χ1n) is 7.05. The molecule has 0 spiro atoms. The van der Waals surface area contributed by atoms with E-state index in [1.165, 1.54) is 0 Å². The number of carbonyl (C=O) groups excluding carboxylic acids is 1. The van der Waals surface area contributed by atoms with Crippen LogP contribution in [-0.2, 0) is 11.3 Å². The Kier molecular flexibility index (Phi) is 3.99. The van der Waals surface area contributed by atoms with Crippen molar-refractivity contribution in [1.29, 1.82) is 0 Å². The fourth-order valence-electron chi connectivity index (χ4n) is 2.37. The number of amides is 1. The number of nitrogens with zero attached hydrogens (tertiary/aromatic N) is 1. The lowest BCUT2D eigenvalue weighted by molar-refractivity contribution is -0.138. The molecule has 1 aliphatic rings. The number of nitrogens with one attached hydrogen (secondary N) is 1. The molecule has 4 nitrogen and oxygen atoms in total. The molecule has 0 atom stereocenters. The van der Waals surface area contributed by atoms with Gasteiger partial charge in [-0.1, -0.05) is 6.92 Å². The van der Waals surface area contributed by atoms with Gasteiger partial charge in [0.1, 0.15) is 11.5 Å². The second kappa shape index (κ2) is 5.37. The van der Waals surface area contributed by atoms with Crippen molar-refractivity contribution in [2.75, 3.05) is 6.54 Å². The summed E-state index contributed by atoms with van der Waals surface area (Å²) < 4.78 is 5.60. The standard InChI is InChI=1S/C15H24N2O2/c1-5-16-15(3,4)14(18)17(12-7-8-12)10-13-9-6-11(2)19-13/h6,9,12,16H,5,7-8,10H2,1-4H3. The van der Waals surface area contributed by atoms with Gasteiger partial charge < -0.3 is 14.6 Å². The van der Waals surface area contributed by atoms with E-state index in [9.17, 15) is 4.79 Å². The van der Waals surface area contributed by atoms with E-state index in [2.05, 4.69) is 5.32 Å². The summed E-state index contributed by atoms with van der Waals surface area (Å²) in [5.41, 5.74) is -0.515. The number of likely N-dealkylation sites (N-methyl/N-ethyl adjacent to an activating group) is 1. The molecule has 19 heavy (non-hydrogen) atoms. The van der Waals surface area contributed by atoms with Crippen LogP contribution in [0.3, 0.4) is 0 Å². The van der Waals surface area contributed by atoms with E-state index in [1.807, 2.05) is 44.7 Å². The van der Waals surface area contributed by atoms with Crippen molar-refractivity contribution in [3.8, 4) is 0 Å². The van der Waals surface area contributed by atoms with Crippen LogP contribution in [0.25, 0.3) is 0 Å². The summed E-state index contributed by atoms with van der Waals surface area (Å²) >= 11 is 0. The second-order valence-corrected chi connectivity index (χ2v) is 5.83. The summed E-state index contributed by atoms with van der Waals surface area (Å²) in [6.45, 7) is 9.20. The average Bonchev–Trinajstić information content (AvgIpc) is 3.09. The highest BCUT2D eigenvalue weighted by molar-refractivity contribution is 5.86. The van der Waals surface area contributed by atoms with Crippen molar-refractivity contribution in [1.82, 2.24) is 10.2 Å². The van der Waals surface area contributed by atoms with Gasteiger partial charge in [0, 0.05) is 6.04 Å². The number of furan rings is 1. The zero-order valence-corrected chi connectivity index (χ0v) is 12.3. The highest BCUT2D eigenvalue weighted by Crippen LogP contribution is 2.30. The molecule has 0 unspecified atom stereocenters. The van der Waals surface area contributed by atoms with Gasteiger partial charge in [-0.3, -0.25) is 4.79 Å². The molecule has 0 aromatic carbocycles. The summed E-state index contributed by atoms with van der Waals surface area (Å²) in [6, 6.07) is 4.29. The molecule has 1 fully saturated rings. The van der Waals surface area contributed by atoms with Crippen LogP contribution in [0.5, 0.6) is 0 Å². The Balaban J connectivity index is 2.09. The van der Waals surface area contributed by atoms with E-state index >= 15 is 0 Å². The van der Waals surface area contributed by atoms with Crippen LogP contribution in [0.2, 0.25) is 0 Å². The van der Waals surface area contributed by atoms with E-state index in [0.717, 1.165) is 30.9 Å². The van der Waals surface area contributed by atoms with Crippen molar-refractivity contribution >= 4 is 5.91 Å². The lowest BCUT2D eigenvalue weighted by Crippen LogP contribution is -2.54. The number of rotatable bonds is 6. The van der Waals surface area contributed by atoms with Gasteiger partial charge in [-0.15, -0.1) is 0 Å². The molecule has 1 amide bonds. The minimum atomic E-state index is -0.515. The fraction of sp³-hybridized carbons (Fsp3) is 0.667. The van der Waals surface area contributed by atoms with Crippen molar-refractivity contribution in [2.24, 2.45) is 0 Å². The third-order valence-electron chi connectivity index (χ3n) is 3.52. The maximum Gasteiger partial charge on any atom is 0.242 e. The summed E-state index contributed by atoms with van der Waals surface area (Å²) in [5, 5.41) is 3.25. The van der Waals surface area contributed by atoms with Crippen LogP contribution < -0.4 is 5.32 Å². The monoisotopic (exact) mass is 264 g/mol. The Labute approximate surface area is 115 Å². The lowest BCUT2D eigenvalue weighted by Gasteiger charge is -2.32. The van der Waals surface area contributed by atoms with Gasteiger partial charge in [0.2, 0.25) is 5.91 Å². The molecule has 106 valence electrons. The van der Waals surface area contributed by atoms with Crippen LogP contribution in [-0.4, -0.2) is 28.9 Å². The molecule has 1 saturated carbocycles. The van der Waals surface area contributed by atoms with Gasteiger partial charge >= 0.3 is 0 Å². The van der Waals surface area contributed by atoms with E-state index < -0.39 is 5.54 Å². The second-order valence-electron chi connectivity index (χ2n) is 5.83. The van der Waals surface area contributed by atoms with Crippen LogP contribution >= 0.6 is 0 Å². The lowest BCUT2D eigenvalue weighted by atomic mass is 10.0. The molecule has 2 rings (SSSR count). The first kappa shape index (κ1) is 14.1. The molecule has 0 saturated heterocycles. The third kappa shape index (κ3) is 3.38. The van der Waals surface area contributed by atoms with Crippen LogP contribution in [0.4, 0.5) is 0 Å². The predicted molar refractivity (Wildman–Crippen MR) is 74.8 cm³/mol. The SMILES string of the molecule is CCNC(C)(C)C(=O)N(Cc1ccc(C)o1)C1CC1. The van der Waals surface area contributed by atoms with Crippen LogP contribution in [0.15, 0.2) is 16.5 Å². The normalized spacial score (nSPS) is 15.6. The molecule has 1 heterocycles. The maximum atomic E-state index is 12.7. The van der Waals surface area contributed by atoms with E-state index in [4.69, 9.17) is 4.42 Å². The molecular weight excluding hydrogens is 240 g/mol. The summed E-state index contributed by atoms with van der Waals surface area (Å²) in [4.78, 5) is 14.6. The Morgan fingerprint density at radius 1 is 1.47 bits per heavy atom. The van der Waals surface area contributed by atoms with Crippen LogP contribution in [0, 0.1) is 6.92 Å². The molecule has 1 N–H and O–H groups in total. The smallest absolute Gasteiger partial charge is 0.242 e. The Bertz CT molecular complexity index is 447. The van der Waals surface area contributed by atoms with E-state index in [0.29, 0.717) is 12.6 Å². The van der Waals surface area contributed by atoms with Gasteiger partial charge in [-0.05, 0) is 52.3 Å². The largest absolute Gasteiger partial charge is 0.464 e. The molecule has 1 aromatic rings. The van der Waals surface area contributed by atoms with Crippen molar-refractivity contribution < 1.29 is 9.21 Å². The first-order chi connectivity index (χ1) is 8.94. The minimum Gasteiger partial charge on any atom is -0.464 e. The van der Waals surface area contributed by atoms with Crippen molar-refractivity contribution in [3.05, 3.63) is 23.7 Å². The minimum absolute atomic E-state index is 0.158. The van der Waals surface area contributed by atoms with Gasteiger partial charge in [0.05, 0.1) is 12.1 Å². The molecule has 4 heteroatoms. The average molecular weight is 264 g/mol. The number of aryl methyl sites for hydroxylation is 1. The highest BCUT2D eigenvalue weighted by atomic mass is 16.3. The molecule has 0 bridgehead atoms. The molecule has 1 aromatic heterocycles. The molecule has 0 aliphatic heterocycles. The molecule has 1 aliphatic carbocycles. The van der Waals surface area contributed by atoms with Crippen molar-refractivity contribution in [3.63, 3.8) is 0 Å². The summed E-state index contributed by atoms with van der Waals surface area (Å²) in [5.74, 6) is 1.92. The third-order valence-corrected chi connectivity index (χ3v) is 3.52. The first-order valence-corrected chi connectivity index (χ1v) is 7.05. The fourth-order valence-corrected chi connectivity index (χ4v) is 2.37. The van der Waals surface area contributed by atoms with Crippen LogP contribution in [0.1, 0.15) is 45.1 Å². The van der Waals surface area contributed by atoms with E-state index in [-0.39, 0.29) is 5.91 Å². The Morgan fingerprint density at radius 2 is 2.16 bits per heavy atom. The summed E-state index contributed by atoms with van der Waals surface area (Å²) in [6.07, 6.45) is 2.21. The molecular formula is C15H24N2O2. The number of hydrogen-bond acceptors (Lipinski definition) is 3. The van der Waals surface area contributed by atoms with Crippen molar-refractivity contribution in [2.45, 2.75) is 58.7 Å². The number of hydrogen-bond donors (Lipinski definition) is 1. The van der Waals surface area contributed by atoms with Gasteiger partial charge in [0.15, 0.2) is 0 Å². The Morgan fingerprint density at radius 3 is 2.63 bits per heavy atom. The van der Waals surface area contributed by atoms with E-state index in [1.54, 1.807) is 0 Å². The predicted octanol–water partition coefficient (Wildman–Crippen LogP) is 2.47. The Hall–Kier alpha value is -1.29. The number of carbonyl (C=O) groups is 1. The summed E-state index contributed by atoms with van der Waals surface area (Å²) in [7, 11) is 0. The molecule has 0 radical (unpaired) electrons. The maximum absolute atomic E-state index is 12.7. The quantitative estimate of drug-likeness (QED) is 0.858. The van der Waals surface area contributed by atoms with Gasteiger partial charge in [0.25, 0.3) is 0 Å². The zero-order chi connectivity index (χ0) is 14.0. The topological polar surface area (TPSA) is 45.5 Å². The van der Waals surface area contributed by atoms with Gasteiger partial charge in [-0.2, -0.15) is 0 Å². The highest BCUT2D eigenvalue weighted by Gasteiger charge is 2.39. The zero-order valence-electron chi connectivity index (χ0n) is 12.3.